The first kappa shape index (κ1) is 26.9. The molecule has 0 heterocycles. The Morgan fingerprint density at radius 2 is 1.56 bits per heavy atom. The fraction of sp³-hybridized carbons (Fsp3) is 0.565. The van der Waals surface area contributed by atoms with Crippen LogP contribution in [-0.4, -0.2) is 56.2 Å². The highest BCUT2D eigenvalue weighted by molar-refractivity contribution is 5.87. The van der Waals surface area contributed by atoms with Crippen molar-refractivity contribution in [1.29, 1.82) is 0 Å². The van der Waals surface area contributed by atoms with Crippen LogP contribution < -0.4 is 16.0 Å². The number of carbonyl (C=O) groups is 4. The number of nitrogens with one attached hydrogen (secondary N) is 3. The topological polar surface area (TPSA) is 123 Å². The maximum atomic E-state index is 11.9. The van der Waals surface area contributed by atoms with Crippen LogP contribution >= 0.6 is 0 Å². The Hall–Kier alpha value is -3.10. The number of amides is 3. The number of rotatable bonds is 12. The zero-order valence-corrected chi connectivity index (χ0v) is 19.4. The van der Waals surface area contributed by atoms with Crippen LogP contribution in [-0.2, 0) is 30.3 Å². The molecule has 0 saturated heterocycles. The number of methoxy groups -OCH3 is 1. The quantitative estimate of drug-likeness (QED) is 0.331. The largest absolute Gasteiger partial charge is 0.469 e. The van der Waals surface area contributed by atoms with Crippen molar-refractivity contribution in [3.05, 3.63) is 35.9 Å². The fourth-order valence-electron chi connectivity index (χ4n) is 2.93. The molecule has 9 nitrogen and oxygen atoms in total. The summed E-state index contributed by atoms with van der Waals surface area (Å²) in [6.07, 6.45) is 1.81. The van der Waals surface area contributed by atoms with Crippen LogP contribution in [0.2, 0.25) is 0 Å². The van der Waals surface area contributed by atoms with Gasteiger partial charge in [-0.05, 0) is 51.5 Å². The third-order valence-corrected chi connectivity index (χ3v) is 4.40. The minimum absolute atomic E-state index is 0.111. The molecule has 0 radical (unpaired) electrons. The van der Waals surface area contributed by atoms with E-state index in [0.717, 1.165) is 18.4 Å². The molecule has 3 N–H and O–H groups in total. The molecule has 0 saturated carbocycles. The lowest BCUT2D eigenvalue weighted by Gasteiger charge is -2.19. The molecule has 178 valence electrons. The molecule has 0 aromatic heterocycles. The van der Waals surface area contributed by atoms with Gasteiger partial charge in [0, 0.05) is 13.0 Å². The smallest absolute Gasteiger partial charge is 0.408 e. The van der Waals surface area contributed by atoms with Gasteiger partial charge in [-0.3, -0.25) is 14.4 Å². The molecule has 0 fully saturated rings. The zero-order chi connectivity index (χ0) is 24.0. The number of esters is 1. The third kappa shape index (κ3) is 13.3. The van der Waals surface area contributed by atoms with Crippen LogP contribution in [0, 0.1) is 5.92 Å². The molecule has 1 aromatic carbocycles. The lowest BCUT2D eigenvalue weighted by atomic mass is 9.92. The van der Waals surface area contributed by atoms with E-state index in [1.807, 2.05) is 30.3 Å². The zero-order valence-electron chi connectivity index (χ0n) is 19.4. The minimum atomic E-state index is -0.700. The highest BCUT2D eigenvalue weighted by Gasteiger charge is 2.17. The van der Waals surface area contributed by atoms with Crippen molar-refractivity contribution in [3.8, 4) is 0 Å². The number of hydrogen-bond donors (Lipinski definition) is 3. The van der Waals surface area contributed by atoms with Crippen molar-refractivity contribution in [2.24, 2.45) is 5.92 Å². The highest BCUT2D eigenvalue weighted by Crippen LogP contribution is 2.18. The predicted molar refractivity (Wildman–Crippen MR) is 120 cm³/mol. The van der Waals surface area contributed by atoms with Crippen molar-refractivity contribution in [1.82, 2.24) is 16.0 Å². The molecule has 9 heteroatoms. The van der Waals surface area contributed by atoms with E-state index in [4.69, 9.17) is 9.47 Å². The number of benzene rings is 1. The van der Waals surface area contributed by atoms with Gasteiger partial charge < -0.3 is 25.4 Å². The predicted octanol–water partition coefficient (Wildman–Crippen LogP) is 1.95. The molecule has 0 unspecified atom stereocenters. The summed E-state index contributed by atoms with van der Waals surface area (Å²) in [7, 11) is 1.37. The SMILES string of the molecule is COC(=O)C[C@@H](CCCNC(=O)CNC(=O)CNC(=O)OC(C)(C)C)Cc1ccccc1. The molecule has 3 amide bonds. The highest BCUT2D eigenvalue weighted by atomic mass is 16.6. The van der Waals surface area contributed by atoms with Gasteiger partial charge >= 0.3 is 12.1 Å². The van der Waals surface area contributed by atoms with Crippen LogP contribution in [0.5, 0.6) is 0 Å². The van der Waals surface area contributed by atoms with E-state index >= 15 is 0 Å². The molecule has 0 bridgehead atoms. The van der Waals surface area contributed by atoms with Gasteiger partial charge in [0.15, 0.2) is 0 Å². The second-order valence-corrected chi connectivity index (χ2v) is 8.46. The summed E-state index contributed by atoms with van der Waals surface area (Å²) < 4.78 is 9.82. The van der Waals surface area contributed by atoms with Crippen LogP contribution in [0.15, 0.2) is 30.3 Å². The molecule has 0 aliphatic rings. The van der Waals surface area contributed by atoms with Gasteiger partial charge in [0.25, 0.3) is 0 Å². The van der Waals surface area contributed by atoms with E-state index < -0.39 is 17.6 Å². The Morgan fingerprint density at radius 1 is 0.938 bits per heavy atom. The number of carbonyl (C=O) groups excluding carboxylic acids is 4. The van der Waals surface area contributed by atoms with Crippen molar-refractivity contribution < 1.29 is 28.7 Å². The van der Waals surface area contributed by atoms with Gasteiger partial charge in [-0.15, -0.1) is 0 Å². The van der Waals surface area contributed by atoms with E-state index in [0.29, 0.717) is 19.4 Å². The number of alkyl carbamates (subject to hydrolysis) is 1. The monoisotopic (exact) mass is 449 g/mol. The van der Waals surface area contributed by atoms with Gasteiger partial charge in [-0.25, -0.2) is 4.79 Å². The normalized spacial score (nSPS) is 11.8. The van der Waals surface area contributed by atoms with Gasteiger partial charge in [-0.1, -0.05) is 30.3 Å². The Bertz CT molecular complexity index is 746. The molecule has 1 atom stereocenters. The average Bonchev–Trinajstić information content (AvgIpc) is 2.73. The number of hydrogen-bond acceptors (Lipinski definition) is 6. The minimum Gasteiger partial charge on any atom is -0.469 e. The van der Waals surface area contributed by atoms with E-state index in [9.17, 15) is 19.2 Å². The maximum absolute atomic E-state index is 11.9. The van der Waals surface area contributed by atoms with Crippen LogP contribution in [0.25, 0.3) is 0 Å². The average molecular weight is 450 g/mol. The van der Waals surface area contributed by atoms with Gasteiger partial charge in [0.2, 0.25) is 11.8 Å². The standard InChI is InChI=1S/C23H35N3O6/c1-23(2,3)32-22(30)26-16-20(28)25-15-19(27)24-12-8-11-18(14-21(29)31-4)13-17-9-6-5-7-10-17/h5-7,9-10,18H,8,11-16H2,1-4H3,(H,24,27)(H,25,28)(H,26,30)/t18-/m0/s1. The Kier molecular flexibility index (Phi) is 11.8. The van der Waals surface area contributed by atoms with Crippen molar-refractivity contribution in [3.63, 3.8) is 0 Å². The van der Waals surface area contributed by atoms with Crippen LogP contribution in [0.3, 0.4) is 0 Å². The summed E-state index contributed by atoms with van der Waals surface area (Å²) >= 11 is 0. The summed E-state index contributed by atoms with van der Waals surface area (Å²) in [6, 6.07) is 9.91. The molecule has 0 spiro atoms. The first-order valence-corrected chi connectivity index (χ1v) is 10.7. The van der Waals surface area contributed by atoms with E-state index in [1.165, 1.54) is 7.11 Å². The molecular formula is C23H35N3O6. The van der Waals surface area contributed by atoms with Crippen molar-refractivity contribution >= 4 is 23.9 Å². The fourth-order valence-corrected chi connectivity index (χ4v) is 2.93. The Labute approximate surface area is 189 Å². The van der Waals surface area contributed by atoms with Gasteiger partial charge in [0.05, 0.1) is 13.7 Å². The van der Waals surface area contributed by atoms with E-state index in [2.05, 4.69) is 16.0 Å². The van der Waals surface area contributed by atoms with Crippen molar-refractivity contribution in [2.75, 3.05) is 26.7 Å². The third-order valence-electron chi connectivity index (χ3n) is 4.40. The summed E-state index contributed by atoms with van der Waals surface area (Å²) in [6.45, 7) is 5.11. The van der Waals surface area contributed by atoms with Gasteiger partial charge in [-0.2, -0.15) is 0 Å². The molecule has 0 aliphatic carbocycles. The van der Waals surface area contributed by atoms with E-state index in [1.54, 1.807) is 20.8 Å². The summed E-state index contributed by atoms with van der Waals surface area (Å²) in [4.78, 5) is 46.9. The second kappa shape index (κ2) is 14.1. The lowest BCUT2D eigenvalue weighted by molar-refractivity contribution is -0.141. The second-order valence-electron chi connectivity index (χ2n) is 8.46. The Morgan fingerprint density at radius 3 is 2.19 bits per heavy atom. The molecule has 1 rings (SSSR count). The van der Waals surface area contributed by atoms with Crippen LogP contribution in [0.1, 0.15) is 45.6 Å². The Balaban J connectivity index is 2.27. The van der Waals surface area contributed by atoms with Crippen LogP contribution in [0.4, 0.5) is 4.79 Å². The van der Waals surface area contributed by atoms with Crippen molar-refractivity contribution in [2.45, 2.75) is 52.1 Å². The maximum Gasteiger partial charge on any atom is 0.408 e. The first-order chi connectivity index (χ1) is 15.1. The molecule has 32 heavy (non-hydrogen) atoms. The summed E-state index contributed by atoms with van der Waals surface area (Å²) in [5, 5.41) is 7.50. The summed E-state index contributed by atoms with van der Waals surface area (Å²) in [5.74, 6) is -0.965. The molecule has 0 aliphatic heterocycles. The lowest BCUT2D eigenvalue weighted by Crippen LogP contribution is -2.43. The molecule has 1 aromatic rings. The van der Waals surface area contributed by atoms with Gasteiger partial charge in [0.1, 0.15) is 12.1 Å². The summed E-state index contributed by atoms with van der Waals surface area (Å²) in [5.41, 5.74) is 0.491. The number of ether oxygens (including phenoxy) is 2. The van der Waals surface area contributed by atoms with E-state index in [-0.39, 0.29) is 30.9 Å². The first-order valence-electron chi connectivity index (χ1n) is 10.7. The molecular weight excluding hydrogens is 414 g/mol.